The molecule has 1 saturated heterocycles. The molecular weight excluding hydrogens is 400 g/mol. The van der Waals surface area contributed by atoms with Gasteiger partial charge in [-0.2, -0.15) is 0 Å². The highest BCUT2D eigenvalue weighted by atomic mass is 19.1. The Kier molecular flexibility index (Phi) is 5.46. The van der Waals surface area contributed by atoms with Crippen LogP contribution in [0.1, 0.15) is 29.2 Å². The van der Waals surface area contributed by atoms with Crippen molar-refractivity contribution in [1.29, 1.82) is 0 Å². The molecule has 0 bridgehead atoms. The van der Waals surface area contributed by atoms with Gasteiger partial charge in [-0.25, -0.2) is 18.5 Å². The van der Waals surface area contributed by atoms with Crippen LogP contribution in [0, 0.1) is 23.5 Å². The lowest BCUT2D eigenvalue weighted by Gasteiger charge is -2.38. The standard InChI is InChI=1S/C24H17F2N3O2/c1-28-21(18-7-3-2-4-8-18)14-22(30)29(24(28)31)23-19(25)12-17(13-20(23)26)10-9-16-6-5-11-27-15-16/h2-8,11-13,15,21H,14H2,1H3. The first-order valence-corrected chi connectivity index (χ1v) is 9.51. The Morgan fingerprint density at radius 3 is 2.29 bits per heavy atom. The molecule has 0 aliphatic carbocycles. The highest BCUT2D eigenvalue weighted by Gasteiger charge is 2.40. The minimum Gasteiger partial charge on any atom is -0.319 e. The number of hydrogen-bond acceptors (Lipinski definition) is 3. The second-order valence-corrected chi connectivity index (χ2v) is 7.03. The number of rotatable bonds is 2. The van der Waals surface area contributed by atoms with Gasteiger partial charge in [-0.15, -0.1) is 0 Å². The molecule has 1 atom stereocenters. The van der Waals surface area contributed by atoms with E-state index < -0.39 is 35.3 Å². The maximum Gasteiger partial charge on any atom is 0.331 e. The van der Waals surface area contributed by atoms with Crippen LogP contribution in [-0.2, 0) is 4.79 Å². The molecule has 2 heterocycles. The SMILES string of the molecule is CN1C(=O)N(c2c(F)cc(C#Cc3cccnc3)cc2F)C(=O)CC1c1ccccc1. The van der Waals surface area contributed by atoms with Gasteiger partial charge in [-0.05, 0) is 29.8 Å². The van der Waals surface area contributed by atoms with Crippen LogP contribution in [0.5, 0.6) is 0 Å². The zero-order valence-electron chi connectivity index (χ0n) is 16.5. The van der Waals surface area contributed by atoms with Gasteiger partial charge in [-0.1, -0.05) is 42.2 Å². The van der Waals surface area contributed by atoms with E-state index in [9.17, 15) is 18.4 Å². The van der Waals surface area contributed by atoms with Gasteiger partial charge in [-0.3, -0.25) is 9.78 Å². The topological polar surface area (TPSA) is 53.5 Å². The van der Waals surface area contributed by atoms with E-state index >= 15 is 0 Å². The molecule has 5 nitrogen and oxygen atoms in total. The first-order valence-electron chi connectivity index (χ1n) is 9.51. The Labute approximate surface area is 177 Å². The third kappa shape index (κ3) is 4.01. The van der Waals surface area contributed by atoms with Gasteiger partial charge in [0, 0.05) is 30.6 Å². The van der Waals surface area contributed by atoms with Crippen LogP contribution in [0.2, 0.25) is 0 Å². The van der Waals surface area contributed by atoms with E-state index in [4.69, 9.17) is 0 Å². The van der Waals surface area contributed by atoms with Crippen LogP contribution >= 0.6 is 0 Å². The number of imide groups is 1. The van der Waals surface area contributed by atoms with Gasteiger partial charge in [0.1, 0.15) is 5.69 Å². The largest absolute Gasteiger partial charge is 0.331 e. The smallest absolute Gasteiger partial charge is 0.319 e. The van der Waals surface area contributed by atoms with Crippen LogP contribution in [-0.4, -0.2) is 28.9 Å². The molecule has 3 aromatic rings. The summed E-state index contributed by atoms with van der Waals surface area (Å²) in [6, 6.07) is 13.1. The number of aromatic nitrogens is 1. The zero-order chi connectivity index (χ0) is 22.0. The molecule has 2 aromatic carbocycles. The Balaban J connectivity index is 1.64. The predicted octanol–water partition coefficient (Wildman–Crippen LogP) is 4.29. The number of nitrogens with zero attached hydrogens (tertiary/aromatic N) is 3. The van der Waals surface area contributed by atoms with Crippen molar-refractivity contribution in [2.75, 3.05) is 11.9 Å². The first-order chi connectivity index (χ1) is 15.0. The number of pyridine rings is 1. The molecular formula is C24H17F2N3O2. The molecule has 1 aliphatic heterocycles. The minimum atomic E-state index is -1.04. The van der Waals surface area contributed by atoms with Crippen LogP contribution in [0.25, 0.3) is 0 Å². The lowest BCUT2D eigenvalue weighted by atomic mass is 9.99. The summed E-state index contributed by atoms with van der Waals surface area (Å²) in [7, 11) is 1.50. The van der Waals surface area contributed by atoms with Gasteiger partial charge in [0.2, 0.25) is 5.91 Å². The van der Waals surface area contributed by atoms with Crippen molar-refractivity contribution >= 4 is 17.6 Å². The van der Waals surface area contributed by atoms with E-state index in [0.29, 0.717) is 10.5 Å². The van der Waals surface area contributed by atoms with Gasteiger partial charge < -0.3 is 4.90 Å². The summed E-state index contributed by atoms with van der Waals surface area (Å²) in [6.07, 6.45) is 3.02. The predicted molar refractivity (Wildman–Crippen MR) is 111 cm³/mol. The molecule has 31 heavy (non-hydrogen) atoms. The summed E-state index contributed by atoms with van der Waals surface area (Å²) in [5.74, 6) is 2.67. The van der Waals surface area contributed by atoms with Gasteiger partial charge >= 0.3 is 6.03 Å². The van der Waals surface area contributed by atoms with Crippen LogP contribution in [0.15, 0.2) is 67.0 Å². The molecule has 1 aliphatic rings. The van der Waals surface area contributed by atoms with Crippen LogP contribution < -0.4 is 4.90 Å². The molecule has 0 N–H and O–H groups in total. The summed E-state index contributed by atoms with van der Waals surface area (Å²) in [5.41, 5.74) is 0.742. The van der Waals surface area contributed by atoms with Crippen molar-refractivity contribution in [3.05, 3.63) is 95.3 Å². The molecule has 7 heteroatoms. The molecule has 1 aromatic heterocycles. The Morgan fingerprint density at radius 2 is 1.65 bits per heavy atom. The van der Waals surface area contributed by atoms with E-state index in [1.807, 2.05) is 6.07 Å². The summed E-state index contributed by atoms with van der Waals surface area (Å²) in [4.78, 5) is 31.4. The van der Waals surface area contributed by atoms with Crippen molar-refractivity contribution in [1.82, 2.24) is 9.88 Å². The lowest BCUT2D eigenvalue weighted by molar-refractivity contribution is -0.120. The Bertz CT molecular complexity index is 1180. The van der Waals surface area contributed by atoms with Gasteiger partial charge in [0.05, 0.1) is 12.5 Å². The normalized spacial score (nSPS) is 16.2. The molecule has 3 amide bonds. The molecule has 0 saturated carbocycles. The lowest BCUT2D eigenvalue weighted by Crippen LogP contribution is -2.52. The summed E-state index contributed by atoms with van der Waals surface area (Å²) < 4.78 is 29.7. The second-order valence-electron chi connectivity index (χ2n) is 7.03. The fourth-order valence-corrected chi connectivity index (χ4v) is 3.46. The maximum atomic E-state index is 14.8. The third-order valence-electron chi connectivity index (χ3n) is 5.02. The average molecular weight is 417 g/mol. The van der Waals surface area contributed by atoms with E-state index in [2.05, 4.69) is 16.8 Å². The quantitative estimate of drug-likeness (QED) is 0.585. The number of anilines is 1. The fraction of sp³-hybridized carbons (Fsp3) is 0.125. The summed E-state index contributed by atoms with van der Waals surface area (Å²) >= 11 is 0. The van der Waals surface area contributed by atoms with Crippen molar-refractivity contribution in [3.8, 4) is 11.8 Å². The number of benzene rings is 2. The monoisotopic (exact) mass is 417 g/mol. The number of urea groups is 1. The highest BCUT2D eigenvalue weighted by Crippen LogP contribution is 2.34. The van der Waals surface area contributed by atoms with Crippen LogP contribution in [0.4, 0.5) is 19.3 Å². The van der Waals surface area contributed by atoms with Crippen molar-refractivity contribution < 1.29 is 18.4 Å². The molecule has 0 spiro atoms. The number of carbonyl (C=O) groups is 2. The molecule has 0 radical (unpaired) electrons. The highest BCUT2D eigenvalue weighted by molar-refractivity contribution is 6.16. The molecule has 1 fully saturated rings. The van der Waals surface area contributed by atoms with E-state index in [1.54, 1.807) is 42.6 Å². The molecule has 1 unspecified atom stereocenters. The fourth-order valence-electron chi connectivity index (χ4n) is 3.46. The molecule has 4 rings (SSSR count). The van der Waals surface area contributed by atoms with Crippen molar-refractivity contribution in [3.63, 3.8) is 0 Å². The number of amides is 3. The van der Waals surface area contributed by atoms with E-state index in [0.717, 1.165) is 17.7 Å². The average Bonchev–Trinajstić information content (AvgIpc) is 2.78. The third-order valence-corrected chi connectivity index (χ3v) is 5.02. The van der Waals surface area contributed by atoms with Crippen LogP contribution in [0.3, 0.4) is 0 Å². The van der Waals surface area contributed by atoms with E-state index in [1.165, 1.54) is 18.1 Å². The summed E-state index contributed by atoms with van der Waals surface area (Å²) in [5, 5.41) is 0. The summed E-state index contributed by atoms with van der Waals surface area (Å²) in [6.45, 7) is 0. The zero-order valence-corrected chi connectivity index (χ0v) is 16.5. The Hall–Kier alpha value is -4.05. The van der Waals surface area contributed by atoms with Gasteiger partial charge in [0.25, 0.3) is 0 Å². The minimum absolute atomic E-state index is 0.0787. The van der Waals surface area contributed by atoms with Crippen molar-refractivity contribution in [2.24, 2.45) is 0 Å². The number of hydrogen-bond donors (Lipinski definition) is 0. The van der Waals surface area contributed by atoms with Crippen molar-refractivity contribution in [2.45, 2.75) is 12.5 Å². The Morgan fingerprint density at radius 1 is 0.968 bits per heavy atom. The second kappa shape index (κ2) is 8.36. The molecule has 154 valence electrons. The number of halogens is 2. The first kappa shape index (κ1) is 20.2. The maximum absolute atomic E-state index is 14.8. The van der Waals surface area contributed by atoms with Gasteiger partial charge in [0.15, 0.2) is 11.6 Å². The number of carbonyl (C=O) groups excluding carboxylic acids is 2. The van der Waals surface area contributed by atoms with E-state index in [-0.39, 0.29) is 12.0 Å².